The molecule has 2 aromatic heterocycles. The summed E-state index contributed by atoms with van der Waals surface area (Å²) in [5.41, 5.74) is 4.44. The third-order valence-electron chi connectivity index (χ3n) is 5.96. The predicted molar refractivity (Wildman–Crippen MR) is 109 cm³/mol. The van der Waals surface area contributed by atoms with Crippen molar-refractivity contribution in [1.29, 1.82) is 0 Å². The number of hydrogen-bond donors (Lipinski definition) is 1. The monoisotopic (exact) mass is 399 g/mol. The van der Waals surface area contributed by atoms with Crippen molar-refractivity contribution >= 4 is 17.6 Å². The first-order valence-electron chi connectivity index (χ1n) is 10.2. The Labute approximate surface area is 168 Å². The number of nitrogens with one attached hydrogen (secondary N) is 1. The molecule has 0 saturated heterocycles. The highest BCUT2D eigenvalue weighted by Crippen LogP contribution is 2.30. The van der Waals surface area contributed by atoms with Gasteiger partial charge in [-0.15, -0.1) is 5.10 Å². The topological polar surface area (TPSA) is 81.9 Å². The number of thioether (sulfide) groups is 1. The molecular weight excluding hydrogens is 374 g/mol. The van der Waals surface area contributed by atoms with Crippen molar-refractivity contribution < 1.29 is 4.74 Å². The van der Waals surface area contributed by atoms with Crippen molar-refractivity contribution in [3.05, 3.63) is 45.0 Å². The van der Waals surface area contributed by atoms with Crippen LogP contribution in [0.3, 0.4) is 0 Å². The number of anilines is 1. The summed E-state index contributed by atoms with van der Waals surface area (Å²) in [5.74, 6) is 3.06. The average Bonchev–Trinajstić information content (AvgIpc) is 2.74. The van der Waals surface area contributed by atoms with Gasteiger partial charge in [-0.3, -0.25) is 4.79 Å². The van der Waals surface area contributed by atoms with Gasteiger partial charge in [0, 0.05) is 36.3 Å². The standard InChI is InChI=1S/C20H25N5O2S/c26-20-10-13-11-27-7-5-18(13)24-25(20)16-3-1-15(2-4-16)21-19-9-14-12-28-8-6-17(14)22-23-19/h9-10,15-16H,1-8,11-12H2,(H,21,23). The SMILES string of the molecule is O=c1cc2c(nn1C1CCC(Nc3cc4c(nn3)CCSC4)CC1)CCOC2. The van der Waals surface area contributed by atoms with Gasteiger partial charge < -0.3 is 10.1 Å². The molecular formula is C20H25N5O2S. The minimum atomic E-state index is -0.00119. The van der Waals surface area contributed by atoms with E-state index in [2.05, 4.69) is 26.7 Å². The Balaban J connectivity index is 1.24. The largest absolute Gasteiger partial charge is 0.376 e. The molecule has 1 aliphatic carbocycles. The highest BCUT2D eigenvalue weighted by molar-refractivity contribution is 7.98. The number of rotatable bonds is 3. The lowest BCUT2D eigenvalue weighted by Gasteiger charge is -2.30. The van der Waals surface area contributed by atoms with Crippen LogP contribution in [0.25, 0.3) is 0 Å². The number of fused-ring (bicyclic) bond motifs is 2. The van der Waals surface area contributed by atoms with Gasteiger partial charge in [0.15, 0.2) is 0 Å². The highest BCUT2D eigenvalue weighted by Gasteiger charge is 2.25. The molecule has 1 fully saturated rings. The van der Waals surface area contributed by atoms with Gasteiger partial charge in [-0.2, -0.15) is 22.0 Å². The summed E-state index contributed by atoms with van der Waals surface area (Å²) in [4.78, 5) is 12.5. The number of nitrogens with zero attached hydrogens (tertiary/aromatic N) is 4. The van der Waals surface area contributed by atoms with Crippen LogP contribution in [0.5, 0.6) is 0 Å². The molecule has 0 atom stereocenters. The lowest BCUT2D eigenvalue weighted by Crippen LogP contribution is -2.35. The normalized spacial score (nSPS) is 24.3. The van der Waals surface area contributed by atoms with E-state index in [1.54, 1.807) is 10.7 Å². The second-order valence-corrected chi connectivity index (χ2v) is 8.96. The van der Waals surface area contributed by atoms with Crippen LogP contribution in [-0.4, -0.2) is 38.4 Å². The fourth-order valence-electron chi connectivity index (χ4n) is 4.38. The second-order valence-electron chi connectivity index (χ2n) is 7.86. The van der Waals surface area contributed by atoms with Gasteiger partial charge in [-0.05, 0) is 43.1 Å². The fourth-order valence-corrected chi connectivity index (χ4v) is 5.33. The third kappa shape index (κ3) is 3.67. The van der Waals surface area contributed by atoms with Crippen molar-refractivity contribution in [1.82, 2.24) is 20.0 Å². The van der Waals surface area contributed by atoms with E-state index in [0.29, 0.717) is 19.3 Å². The van der Waals surface area contributed by atoms with E-state index in [1.807, 2.05) is 11.8 Å². The van der Waals surface area contributed by atoms with Crippen molar-refractivity contribution in [3.63, 3.8) is 0 Å². The van der Waals surface area contributed by atoms with Gasteiger partial charge in [0.1, 0.15) is 5.82 Å². The van der Waals surface area contributed by atoms with Crippen LogP contribution >= 0.6 is 11.8 Å². The molecule has 2 aromatic rings. The van der Waals surface area contributed by atoms with Crippen LogP contribution in [-0.2, 0) is 29.9 Å². The Morgan fingerprint density at radius 1 is 1.07 bits per heavy atom. The van der Waals surface area contributed by atoms with Gasteiger partial charge in [0.05, 0.1) is 30.6 Å². The van der Waals surface area contributed by atoms with Crippen LogP contribution in [0.4, 0.5) is 5.82 Å². The fraction of sp³-hybridized carbons (Fsp3) is 0.600. The van der Waals surface area contributed by atoms with Gasteiger partial charge in [-0.25, -0.2) is 4.68 Å². The minimum absolute atomic E-state index is 0.00119. The molecule has 3 aliphatic rings. The molecule has 0 aromatic carbocycles. The minimum Gasteiger partial charge on any atom is -0.376 e. The van der Waals surface area contributed by atoms with Crippen LogP contribution in [0.15, 0.2) is 16.9 Å². The molecule has 8 heteroatoms. The van der Waals surface area contributed by atoms with E-state index in [4.69, 9.17) is 4.74 Å². The lowest BCUT2D eigenvalue weighted by molar-refractivity contribution is 0.107. The van der Waals surface area contributed by atoms with Gasteiger partial charge >= 0.3 is 0 Å². The molecule has 5 rings (SSSR count). The first-order chi connectivity index (χ1) is 13.8. The van der Waals surface area contributed by atoms with Crippen LogP contribution in [0.2, 0.25) is 0 Å². The molecule has 0 bridgehead atoms. The van der Waals surface area contributed by atoms with Gasteiger partial charge in [0.25, 0.3) is 5.56 Å². The number of aromatic nitrogens is 4. The smallest absolute Gasteiger partial charge is 0.267 e. The summed E-state index contributed by atoms with van der Waals surface area (Å²) < 4.78 is 7.15. The van der Waals surface area contributed by atoms with Crippen molar-refractivity contribution in [3.8, 4) is 0 Å². The molecule has 1 N–H and O–H groups in total. The highest BCUT2D eigenvalue weighted by atomic mass is 32.2. The molecule has 28 heavy (non-hydrogen) atoms. The first kappa shape index (κ1) is 18.1. The summed E-state index contributed by atoms with van der Waals surface area (Å²) >= 11 is 1.96. The van der Waals surface area contributed by atoms with Crippen LogP contribution < -0.4 is 10.9 Å². The van der Waals surface area contributed by atoms with E-state index < -0.39 is 0 Å². The van der Waals surface area contributed by atoms with Crippen molar-refractivity contribution in [2.24, 2.45) is 0 Å². The predicted octanol–water partition coefficient (Wildman–Crippen LogP) is 2.49. The Kier molecular flexibility index (Phi) is 5.07. The molecule has 148 valence electrons. The van der Waals surface area contributed by atoms with E-state index in [-0.39, 0.29) is 11.6 Å². The summed E-state index contributed by atoms with van der Waals surface area (Å²) in [6.07, 6.45) is 5.73. The molecule has 2 aliphatic heterocycles. The third-order valence-corrected chi connectivity index (χ3v) is 6.97. The second kappa shape index (κ2) is 7.83. The molecule has 0 radical (unpaired) electrons. The Morgan fingerprint density at radius 2 is 1.96 bits per heavy atom. The molecule has 4 heterocycles. The summed E-state index contributed by atoms with van der Waals surface area (Å²) in [6.45, 7) is 1.20. The van der Waals surface area contributed by atoms with E-state index in [1.165, 1.54) is 5.56 Å². The van der Waals surface area contributed by atoms with Crippen LogP contribution in [0, 0.1) is 0 Å². The van der Waals surface area contributed by atoms with Crippen molar-refractivity contribution in [2.75, 3.05) is 17.7 Å². The maximum absolute atomic E-state index is 12.5. The van der Waals surface area contributed by atoms with Gasteiger partial charge in [-0.1, -0.05) is 0 Å². The van der Waals surface area contributed by atoms with E-state index >= 15 is 0 Å². The summed E-state index contributed by atoms with van der Waals surface area (Å²) in [6, 6.07) is 4.44. The van der Waals surface area contributed by atoms with Crippen molar-refractivity contribution in [2.45, 2.75) is 63.0 Å². The maximum atomic E-state index is 12.5. The summed E-state index contributed by atoms with van der Waals surface area (Å²) in [5, 5.41) is 17.0. The molecule has 7 nitrogen and oxygen atoms in total. The van der Waals surface area contributed by atoms with Gasteiger partial charge in [0.2, 0.25) is 0 Å². The number of aryl methyl sites for hydroxylation is 1. The number of hydrogen-bond acceptors (Lipinski definition) is 7. The van der Waals surface area contributed by atoms with E-state index in [9.17, 15) is 4.79 Å². The zero-order valence-electron chi connectivity index (χ0n) is 15.9. The zero-order chi connectivity index (χ0) is 18.9. The molecule has 0 amide bonds. The maximum Gasteiger partial charge on any atom is 0.267 e. The van der Waals surface area contributed by atoms with E-state index in [0.717, 1.165) is 72.8 Å². The summed E-state index contributed by atoms with van der Waals surface area (Å²) in [7, 11) is 0. The number of ether oxygens (including phenoxy) is 1. The first-order valence-corrected chi connectivity index (χ1v) is 11.3. The Morgan fingerprint density at radius 3 is 2.86 bits per heavy atom. The molecule has 0 unspecified atom stereocenters. The Hall–Kier alpha value is -1.93. The van der Waals surface area contributed by atoms with Crippen LogP contribution in [0.1, 0.15) is 54.2 Å². The Bertz CT molecular complexity index is 923. The average molecular weight is 400 g/mol. The lowest BCUT2D eigenvalue weighted by atomic mass is 9.91. The zero-order valence-corrected chi connectivity index (χ0v) is 16.7. The molecule has 0 spiro atoms. The quantitative estimate of drug-likeness (QED) is 0.849. The molecule has 1 saturated carbocycles.